The molecule has 0 unspecified atom stereocenters. The summed E-state index contributed by atoms with van der Waals surface area (Å²) in [6.45, 7) is 0.518. The number of hydrogen-bond donors (Lipinski definition) is 1. The van der Waals surface area contributed by atoms with Crippen LogP contribution in [0.15, 0.2) is 6.33 Å². The summed E-state index contributed by atoms with van der Waals surface area (Å²) in [4.78, 5) is 13.5. The number of nitrogens with zero attached hydrogens (tertiary/aromatic N) is 3. The first-order chi connectivity index (χ1) is 6.85. The molecule has 0 aliphatic rings. The van der Waals surface area contributed by atoms with Crippen LogP contribution in [0.5, 0.6) is 0 Å². The topological polar surface area (TPSA) is 59.9 Å². The van der Waals surface area contributed by atoms with Crippen molar-refractivity contribution in [1.82, 2.24) is 15.0 Å². The van der Waals surface area contributed by atoms with E-state index in [-0.39, 0.29) is 0 Å². The molecule has 0 fully saturated rings. The van der Waals surface area contributed by atoms with Crippen LogP contribution in [0.2, 0.25) is 0 Å². The van der Waals surface area contributed by atoms with E-state index in [0.717, 1.165) is 21.2 Å². The van der Waals surface area contributed by atoms with Crippen molar-refractivity contribution >= 4 is 27.5 Å². The van der Waals surface area contributed by atoms with E-state index in [9.17, 15) is 0 Å². The predicted molar refractivity (Wildman–Crippen MR) is 55.5 cm³/mol. The Morgan fingerprint density at radius 3 is 3.07 bits per heavy atom. The number of fused-ring (bicyclic) bond motifs is 1. The predicted octanol–water partition coefficient (Wildman–Crippen LogP) is 1.27. The molecule has 2 rings (SSSR count). The zero-order chi connectivity index (χ0) is 9.97. The number of hydrogen-bond acceptors (Lipinski definition) is 6. The normalized spacial score (nSPS) is 10.7. The van der Waals surface area contributed by atoms with Crippen LogP contribution >= 0.6 is 11.3 Å². The molecule has 0 aromatic carbocycles. The molecule has 0 atom stereocenters. The molecule has 0 aliphatic carbocycles. The maximum Gasteiger partial charge on any atom is 0.156 e. The lowest BCUT2D eigenvalue weighted by atomic mass is 10.5. The second-order valence-electron chi connectivity index (χ2n) is 2.67. The second kappa shape index (κ2) is 3.85. The van der Waals surface area contributed by atoms with Crippen molar-refractivity contribution in [3.05, 3.63) is 11.3 Å². The standard InChI is InChI=1S/C8H10N4OS/c1-9-7-6-8(11-4-10-7)14-5(12-6)3-13-2/h4H,3H2,1-2H3,(H,9,10,11). The van der Waals surface area contributed by atoms with Gasteiger partial charge in [0.25, 0.3) is 0 Å². The molecule has 2 aromatic rings. The van der Waals surface area contributed by atoms with Crippen molar-refractivity contribution in [1.29, 1.82) is 0 Å². The maximum absolute atomic E-state index is 5.01. The quantitative estimate of drug-likeness (QED) is 0.826. The van der Waals surface area contributed by atoms with Crippen molar-refractivity contribution in [2.75, 3.05) is 19.5 Å². The molecular formula is C8H10N4OS. The molecular weight excluding hydrogens is 200 g/mol. The highest BCUT2D eigenvalue weighted by Gasteiger charge is 2.08. The third-order valence-electron chi connectivity index (χ3n) is 1.74. The van der Waals surface area contributed by atoms with Gasteiger partial charge in [0.15, 0.2) is 5.82 Å². The Kier molecular flexibility index (Phi) is 2.55. The Bertz CT molecular complexity index is 442. The lowest BCUT2D eigenvalue weighted by Gasteiger charge is -1.96. The molecule has 0 amide bonds. The van der Waals surface area contributed by atoms with Gasteiger partial charge in [-0.25, -0.2) is 15.0 Å². The monoisotopic (exact) mass is 210 g/mol. The molecule has 0 radical (unpaired) electrons. The Morgan fingerprint density at radius 1 is 1.50 bits per heavy atom. The number of methoxy groups -OCH3 is 1. The van der Waals surface area contributed by atoms with E-state index >= 15 is 0 Å². The first kappa shape index (κ1) is 9.29. The van der Waals surface area contributed by atoms with Gasteiger partial charge in [-0.3, -0.25) is 0 Å². The minimum absolute atomic E-state index is 0.518. The van der Waals surface area contributed by atoms with E-state index < -0.39 is 0 Å². The van der Waals surface area contributed by atoms with Gasteiger partial charge in [-0.1, -0.05) is 11.3 Å². The summed E-state index contributed by atoms with van der Waals surface area (Å²) >= 11 is 1.52. The van der Waals surface area contributed by atoms with Gasteiger partial charge in [0.1, 0.15) is 21.7 Å². The summed E-state index contributed by atoms with van der Waals surface area (Å²) < 4.78 is 5.01. The van der Waals surface area contributed by atoms with Gasteiger partial charge in [0.05, 0.1) is 6.61 Å². The average Bonchev–Trinajstić information content (AvgIpc) is 2.60. The molecule has 2 heterocycles. The molecule has 5 nitrogen and oxygen atoms in total. The first-order valence-corrected chi connectivity index (χ1v) is 4.94. The van der Waals surface area contributed by atoms with E-state index in [0.29, 0.717) is 6.61 Å². The Hall–Kier alpha value is -1.27. The van der Waals surface area contributed by atoms with Crippen LogP contribution in [0.25, 0.3) is 10.3 Å². The summed E-state index contributed by atoms with van der Waals surface area (Å²) in [7, 11) is 3.47. The molecule has 0 bridgehead atoms. The Labute approximate surface area is 85.2 Å². The lowest BCUT2D eigenvalue weighted by molar-refractivity contribution is 0.185. The number of ether oxygens (including phenoxy) is 1. The smallest absolute Gasteiger partial charge is 0.156 e. The summed E-state index contributed by atoms with van der Waals surface area (Å²) in [5.41, 5.74) is 0.812. The van der Waals surface area contributed by atoms with Crippen LogP contribution in [0.3, 0.4) is 0 Å². The van der Waals surface area contributed by atoms with Gasteiger partial charge >= 0.3 is 0 Å². The number of rotatable bonds is 3. The van der Waals surface area contributed by atoms with Gasteiger partial charge in [-0.15, -0.1) is 0 Å². The van der Waals surface area contributed by atoms with Gasteiger partial charge in [-0.05, 0) is 0 Å². The average molecular weight is 210 g/mol. The van der Waals surface area contributed by atoms with Crippen LogP contribution in [0.4, 0.5) is 5.82 Å². The van der Waals surface area contributed by atoms with Crippen LogP contribution in [0, 0.1) is 0 Å². The fraction of sp³-hybridized carbons (Fsp3) is 0.375. The maximum atomic E-state index is 5.01. The van der Waals surface area contributed by atoms with Crippen LogP contribution < -0.4 is 5.32 Å². The Morgan fingerprint density at radius 2 is 2.36 bits per heavy atom. The third-order valence-corrected chi connectivity index (χ3v) is 2.68. The van der Waals surface area contributed by atoms with Crippen LogP contribution in [-0.4, -0.2) is 29.1 Å². The van der Waals surface area contributed by atoms with Gasteiger partial charge in [0, 0.05) is 14.2 Å². The van der Waals surface area contributed by atoms with E-state index in [1.807, 2.05) is 7.05 Å². The zero-order valence-corrected chi connectivity index (χ0v) is 8.76. The van der Waals surface area contributed by atoms with Gasteiger partial charge < -0.3 is 10.1 Å². The fourth-order valence-electron chi connectivity index (χ4n) is 1.17. The molecule has 74 valence electrons. The van der Waals surface area contributed by atoms with Crippen LogP contribution in [-0.2, 0) is 11.3 Å². The summed E-state index contributed by atoms with van der Waals surface area (Å²) in [6.07, 6.45) is 1.53. The fourth-order valence-corrected chi connectivity index (χ4v) is 2.04. The number of thiazole rings is 1. The highest BCUT2D eigenvalue weighted by molar-refractivity contribution is 7.18. The van der Waals surface area contributed by atoms with Crippen LogP contribution in [0.1, 0.15) is 5.01 Å². The van der Waals surface area contributed by atoms with Crippen molar-refractivity contribution in [2.45, 2.75) is 6.61 Å². The molecule has 6 heteroatoms. The summed E-state index contributed by atoms with van der Waals surface area (Å²) in [5, 5.41) is 3.89. The molecule has 0 spiro atoms. The van der Waals surface area contributed by atoms with Crippen molar-refractivity contribution < 1.29 is 4.74 Å². The SMILES string of the molecule is CNc1ncnc2sc(COC)nc12. The minimum Gasteiger partial charge on any atom is -0.378 e. The number of aromatic nitrogens is 3. The third kappa shape index (κ3) is 1.53. The van der Waals surface area contributed by atoms with Crippen molar-refractivity contribution in [3.63, 3.8) is 0 Å². The highest BCUT2D eigenvalue weighted by Crippen LogP contribution is 2.24. The zero-order valence-electron chi connectivity index (χ0n) is 7.94. The highest BCUT2D eigenvalue weighted by atomic mass is 32.1. The van der Waals surface area contributed by atoms with E-state index in [1.165, 1.54) is 17.7 Å². The van der Waals surface area contributed by atoms with Crippen molar-refractivity contribution in [3.8, 4) is 0 Å². The summed E-state index contributed by atoms with van der Waals surface area (Å²) in [5.74, 6) is 0.758. The van der Waals surface area contributed by atoms with Gasteiger partial charge in [-0.2, -0.15) is 0 Å². The molecule has 0 saturated carbocycles. The van der Waals surface area contributed by atoms with E-state index in [2.05, 4.69) is 20.3 Å². The van der Waals surface area contributed by atoms with E-state index in [4.69, 9.17) is 4.74 Å². The van der Waals surface area contributed by atoms with Gasteiger partial charge in [0.2, 0.25) is 0 Å². The molecule has 14 heavy (non-hydrogen) atoms. The van der Waals surface area contributed by atoms with Crippen molar-refractivity contribution in [2.24, 2.45) is 0 Å². The molecule has 2 aromatic heterocycles. The second-order valence-corrected chi connectivity index (χ2v) is 3.73. The summed E-state index contributed by atoms with van der Waals surface area (Å²) in [6, 6.07) is 0. The molecule has 0 saturated heterocycles. The first-order valence-electron chi connectivity index (χ1n) is 4.12. The molecule has 0 aliphatic heterocycles. The number of nitrogens with one attached hydrogen (secondary N) is 1. The molecule has 1 N–H and O–H groups in total. The van der Waals surface area contributed by atoms with E-state index in [1.54, 1.807) is 7.11 Å². The lowest BCUT2D eigenvalue weighted by Crippen LogP contribution is -1.94. The Balaban J connectivity index is 2.52. The minimum atomic E-state index is 0.518. The largest absolute Gasteiger partial charge is 0.378 e. The number of anilines is 1.